The Morgan fingerprint density at radius 3 is 1.71 bits per heavy atom. The Hall–Kier alpha value is -4.48. The fraction of sp³-hybridized carbons (Fsp3) is 0.434. The minimum absolute atomic E-state index is 0. The average molecular weight is 1100 g/mol. The van der Waals surface area contributed by atoms with Gasteiger partial charge in [-0.1, -0.05) is 132 Å². The molecule has 1 aliphatic rings. The van der Waals surface area contributed by atoms with Crippen molar-refractivity contribution in [1.29, 1.82) is 0 Å². The van der Waals surface area contributed by atoms with Gasteiger partial charge in [-0.2, -0.15) is 39.5 Å². The van der Waals surface area contributed by atoms with E-state index < -0.39 is 48.3 Å². The molecule has 1 saturated carbocycles. The second kappa shape index (κ2) is 21.6. The van der Waals surface area contributed by atoms with Crippen LogP contribution in [0.1, 0.15) is 122 Å². The van der Waals surface area contributed by atoms with Crippen LogP contribution >= 0.6 is 0 Å². The minimum Gasteiger partial charge on any atom is -0.512 e. The molecule has 0 amide bonds. The Morgan fingerprint density at radius 1 is 0.727 bits per heavy atom. The van der Waals surface area contributed by atoms with E-state index in [1.54, 1.807) is 48.5 Å². The zero-order chi connectivity index (χ0) is 48.1. The van der Waals surface area contributed by atoms with E-state index >= 15 is 0 Å². The zero-order valence-corrected chi connectivity index (χ0v) is 40.6. The van der Waals surface area contributed by atoms with Crippen molar-refractivity contribution in [3.8, 4) is 33.5 Å². The van der Waals surface area contributed by atoms with Crippen LogP contribution in [0.5, 0.6) is 0 Å². The van der Waals surface area contributed by atoms with E-state index in [0.717, 1.165) is 48.2 Å². The number of ketones is 1. The molecule has 3 nitrogen and oxygen atoms in total. The monoisotopic (exact) mass is 1100 g/mol. The first-order valence-corrected chi connectivity index (χ1v) is 22.2. The Kier molecular flexibility index (Phi) is 17.8. The van der Waals surface area contributed by atoms with Crippen LogP contribution in [0.3, 0.4) is 0 Å². The van der Waals surface area contributed by atoms with Crippen molar-refractivity contribution in [3.63, 3.8) is 0 Å². The maximum absolute atomic E-state index is 14.2. The van der Waals surface area contributed by atoms with Crippen LogP contribution in [0.15, 0.2) is 103 Å². The SMILES string of the molecule is CC(C)(C)c1cc(-c2cc(-c3ccc(-c4ccc(C5CCC(C(F)(F)F)(C(F)(F)F)CC5)cc4)cc3)c(C(F)(F)F)cn2)[c-]c2ccccc12.CCC(CC)C(=O)/C=C(\O)C(CC)CC.[Ir]. The number of pyridine rings is 1. The fourth-order valence-corrected chi connectivity index (χ4v) is 8.80. The van der Waals surface area contributed by atoms with Crippen molar-refractivity contribution in [2.45, 2.75) is 130 Å². The molecule has 1 fully saturated rings. The summed E-state index contributed by atoms with van der Waals surface area (Å²) in [6.45, 7) is 14.3. The molecule has 0 saturated heterocycles. The number of benzene rings is 4. The van der Waals surface area contributed by atoms with E-state index in [9.17, 15) is 49.4 Å². The second-order valence-electron chi connectivity index (χ2n) is 18.1. The second-order valence-corrected chi connectivity index (χ2v) is 18.1. The number of carbonyl (C=O) groups excluding carboxylic acids is 1. The van der Waals surface area contributed by atoms with E-state index in [-0.39, 0.29) is 67.3 Å². The number of nitrogens with zero attached hydrogens (tertiary/aromatic N) is 1. The van der Waals surface area contributed by atoms with E-state index in [1.165, 1.54) is 12.1 Å². The third-order valence-corrected chi connectivity index (χ3v) is 13.0. The molecular formula is C53H57F9IrNO2-. The van der Waals surface area contributed by atoms with Crippen LogP contribution in [0.4, 0.5) is 39.5 Å². The van der Waals surface area contributed by atoms with Gasteiger partial charge in [0.2, 0.25) is 0 Å². The number of halogens is 9. The number of aliphatic hydroxyl groups is 1. The van der Waals surface area contributed by atoms with Gasteiger partial charge in [0, 0.05) is 49.9 Å². The van der Waals surface area contributed by atoms with Crippen molar-refractivity contribution in [1.82, 2.24) is 4.98 Å². The molecule has 0 atom stereocenters. The Morgan fingerprint density at radius 2 is 1.23 bits per heavy atom. The molecule has 1 heterocycles. The summed E-state index contributed by atoms with van der Waals surface area (Å²) in [4.78, 5) is 15.9. The van der Waals surface area contributed by atoms with Crippen LogP contribution < -0.4 is 0 Å². The molecule has 1 aliphatic carbocycles. The molecule has 6 rings (SSSR count). The number of allylic oxidation sites excluding steroid dienone is 2. The molecule has 1 aromatic heterocycles. The van der Waals surface area contributed by atoms with Crippen molar-refractivity contribution < 1.29 is 69.5 Å². The molecule has 66 heavy (non-hydrogen) atoms. The predicted molar refractivity (Wildman–Crippen MR) is 240 cm³/mol. The van der Waals surface area contributed by atoms with Gasteiger partial charge in [-0.3, -0.25) is 9.78 Å². The number of carbonyl (C=O) groups is 1. The van der Waals surface area contributed by atoms with Gasteiger partial charge < -0.3 is 5.11 Å². The van der Waals surface area contributed by atoms with Gasteiger partial charge in [0.15, 0.2) is 11.2 Å². The summed E-state index contributed by atoms with van der Waals surface area (Å²) < 4.78 is 124. The summed E-state index contributed by atoms with van der Waals surface area (Å²) in [7, 11) is 0. The Bertz CT molecular complexity index is 2400. The quantitative estimate of drug-likeness (QED) is 0.0621. The smallest absolute Gasteiger partial charge is 0.418 e. The normalized spacial score (nSPS) is 15.1. The topological polar surface area (TPSA) is 50.2 Å². The van der Waals surface area contributed by atoms with Crippen LogP contribution in [-0.4, -0.2) is 28.2 Å². The largest absolute Gasteiger partial charge is 0.512 e. The number of aromatic nitrogens is 1. The van der Waals surface area contributed by atoms with Gasteiger partial charge in [0.05, 0.1) is 11.3 Å². The molecule has 0 aliphatic heterocycles. The van der Waals surface area contributed by atoms with E-state index in [0.29, 0.717) is 33.5 Å². The third-order valence-electron chi connectivity index (χ3n) is 13.0. The van der Waals surface area contributed by atoms with Crippen molar-refractivity contribution in [2.24, 2.45) is 17.3 Å². The Balaban J connectivity index is 0.000000512. The number of alkyl halides is 9. The summed E-state index contributed by atoms with van der Waals surface area (Å²) in [5.74, 6) is 0.0939. The van der Waals surface area contributed by atoms with Crippen molar-refractivity contribution in [3.05, 3.63) is 126 Å². The van der Waals surface area contributed by atoms with Crippen LogP contribution in [0.2, 0.25) is 0 Å². The van der Waals surface area contributed by atoms with Gasteiger partial charge >= 0.3 is 18.5 Å². The van der Waals surface area contributed by atoms with Crippen LogP contribution in [-0.2, 0) is 36.5 Å². The molecule has 0 spiro atoms. The summed E-state index contributed by atoms with van der Waals surface area (Å²) >= 11 is 0. The van der Waals surface area contributed by atoms with Crippen molar-refractivity contribution >= 4 is 16.6 Å². The number of rotatable bonds is 11. The third kappa shape index (κ3) is 12.2. The number of hydrogen-bond acceptors (Lipinski definition) is 3. The molecule has 0 bridgehead atoms. The van der Waals surface area contributed by atoms with Gasteiger partial charge in [0.1, 0.15) is 0 Å². The van der Waals surface area contributed by atoms with E-state index in [1.807, 2.05) is 58.0 Å². The van der Waals surface area contributed by atoms with E-state index in [2.05, 4.69) is 31.8 Å². The fourth-order valence-electron chi connectivity index (χ4n) is 8.80. The van der Waals surface area contributed by atoms with Crippen LogP contribution in [0.25, 0.3) is 44.3 Å². The average Bonchev–Trinajstić information content (AvgIpc) is 3.25. The first kappa shape index (κ1) is 54.1. The molecule has 1 radical (unpaired) electrons. The summed E-state index contributed by atoms with van der Waals surface area (Å²) in [5, 5.41) is 11.6. The van der Waals surface area contributed by atoms with Crippen molar-refractivity contribution in [2.75, 3.05) is 0 Å². The molecule has 13 heteroatoms. The predicted octanol–water partition coefficient (Wildman–Crippen LogP) is 17.0. The van der Waals surface area contributed by atoms with Gasteiger partial charge in [-0.05, 0) is 90.5 Å². The molecule has 5 aromatic rings. The molecule has 359 valence electrons. The van der Waals surface area contributed by atoms with Gasteiger partial charge in [-0.25, -0.2) is 0 Å². The number of aliphatic hydroxyl groups excluding tert-OH is 1. The van der Waals surface area contributed by atoms with Gasteiger partial charge in [-0.15, -0.1) is 29.1 Å². The maximum Gasteiger partial charge on any atom is 0.418 e. The molecule has 1 N–H and O–H groups in total. The number of fused-ring (bicyclic) bond motifs is 1. The standard InChI is InChI=1S/C40H33F9N.C13H24O2.Ir/c1-36(2,3)33-21-30(20-29-6-4-5-7-31(29)33)35-22-32(34(23-50-35)38(41,42)43)28-14-12-25(13-15-28)24-8-10-26(11-9-24)27-16-18-37(19-17-27,39(44,45)46)40(47,48)49;1-5-10(6-2)12(14)9-13(15)11(7-3)8-4;/h4-15,21-23,27H,16-19H2,1-3H3;9-11,14H,5-8H2,1-4H3;/q-1;;/b;12-9-;. The maximum atomic E-state index is 14.2. The first-order valence-electron chi connectivity index (χ1n) is 22.2. The number of hydrogen-bond donors (Lipinski definition) is 1. The summed E-state index contributed by atoms with van der Waals surface area (Å²) in [5.41, 5.74) is -0.620. The van der Waals surface area contributed by atoms with Crippen LogP contribution in [0, 0.1) is 23.3 Å². The molecular weight excluding hydrogens is 1050 g/mol. The molecule has 4 aromatic carbocycles. The molecule has 0 unspecified atom stereocenters. The summed E-state index contributed by atoms with van der Waals surface area (Å²) in [6, 6.07) is 27.7. The van der Waals surface area contributed by atoms with Gasteiger partial charge in [0.25, 0.3) is 0 Å². The first-order chi connectivity index (χ1) is 30.4. The summed E-state index contributed by atoms with van der Waals surface area (Å²) in [6.07, 6.45) is -12.2. The Labute approximate surface area is 395 Å². The van der Waals surface area contributed by atoms with E-state index in [4.69, 9.17) is 0 Å². The zero-order valence-electron chi connectivity index (χ0n) is 38.2. The minimum atomic E-state index is -5.38.